The Balaban J connectivity index is 1.99. The van der Waals surface area contributed by atoms with Crippen molar-refractivity contribution in [3.63, 3.8) is 0 Å². The molecule has 0 spiro atoms. The number of fused-ring (bicyclic) bond motifs is 1. The van der Waals surface area contributed by atoms with E-state index >= 15 is 0 Å². The number of halogens is 5. The highest BCUT2D eigenvalue weighted by atomic mass is 32.2. The van der Waals surface area contributed by atoms with Gasteiger partial charge in [-0.2, -0.15) is 22.0 Å². The van der Waals surface area contributed by atoms with Gasteiger partial charge in [0.1, 0.15) is 11.7 Å². The van der Waals surface area contributed by atoms with E-state index in [9.17, 15) is 31.5 Å². The molecule has 0 saturated heterocycles. The number of ketones is 1. The molecule has 3 rings (SSSR count). The number of benzene rings is 2. The molecule has 1 atom stereocenters. The number of para-hydroxylation sites is 1. The lowest BCUT2D eigenvalue weighted by Crippen LogP contribution is -2.47. The molecule has 0 bridgehead atoms. The fourth-order valence-electron chi connectivity index (χ4n) is 2.95. The van der Waals surface area contributed by atoms with Crippen molar-refractivity contribution in [1.82, 2.24) is 0 Å². The molecule has 0 amide bonds. The molecule has 160 valence electrons. The summed E-state index contributed by atoms with van der Waals surface area (Å²) in [5, 5.41) is -0.756. The fraction of sp³-hybridized carbons (Fsp3) is 0.300. The van der Waals surface area contributed by atoms with Gasteiger partial charge < -0.3 is 9.46 Å². The van der Waals surface area contributed by atoms with Crippen molar-refractivity contribution in [2.75, 3.05) is 4.72 Å². The molecule has 2 aromatic carbocycles. The number of nitrogens with one attached hydrogen (secondary N) is 1. The minimum atomic E-state index is -5.83. The molecule has 1 N–H and O–H groups in total. The maximum absolute atomic E-state index is 13.8. The minimum Gasteiger partial charge on any atom is -0.480 e. The average molecular weight is 445 g/mol. The second kappa shape index (κ2) is 7.57. The van der Waals surface area contributed by atoms with Gasteiger partial charge in [-0.25, -0.2) is 0 Å². The molecule has 10 heteroatoms. The summed E-state index contributed by atoms with van der Waals surface area (Å²) in [5.41, 5.74) is -2.61. The first-order valence-corrected chi connectivity index (χ1v) is 9.50. The Hall–Kier alpha value is -2.62. The summed E-state index contributed by atoms with van der Waals surface area (Å²) in [4.78, 5) is 25.6. The number of alkyl halides is 5. The van der Waals surface area contributed by atoms with E-state index in [1.165, 1.54) is 13.8 Å². The molecule has 1 unspecified atom stereocenters. The lowest BCUT2D eigenvalue weighted by Gasteiger charge is -2.35. The molecule has 1 heterocycles. The Bertz CT molecular complexity index is 976. The lowest BCUT2D eigenvalue weighted by atomic mass is 9.82. The predicted molar refractivity (Wildman–Crippen MR) is 102 cm³/mol. The molecule has 2 aromatic rings. The smallest absolute Gasteiger partial charge is 0.458 e. The zero-order chi connectivity index (χ0) is 22.3. The molecule has 0 aromatic heterocycles. The van der Waals surface area contributed by atoms with E-state index in [4.69, 9.17) is 4.74 Å². The van der Waals surface area contributed by atoms with Gasteiger partial charge in [-0.3, -0.25) is 9.59 Å². The van der Waals surface area contributed by atoms with Crippen LogP contribution < -0.4 is 9.46 Å². The summed E-state index contributed by atoms with van der Waals surface area (Å²) < 4.78 is 74.2. The Kier molecular flexibility index (Phi) is 5.57. The summed E-state index contributed by atoms with van der Waals surface area (Å²) >= 11 is 0.548. The van der Waals surface area contributed by atoms with Gasteiger partial charge in [-0.15, -0.1) is 0 Å². The van der Waals surface area contributed by atoms with E-state index in [1.54, 1.807) is 30.3 Å². The van der Waals surface area contributed by atoms with Crippen molar-refractivity contribution in [2.24, 2.45) is 0 Å². The van der Waals surface area contributed by atoms with Crippen molar-refractivity contribution in [3.05, 3.63) is 59.7 Å². The SMILES string of the molecule is CC1(C)Oc2ccc(C(F)(F)C(F)(F)F)cc2C(C(=O)SNc2ccccc2)C1=O. The number of carbonyl (C=O) groups excluding carboxylic acids is 2. The predicted octanol–water partition coefficient (Wildman–Crippen LogP) is 5.45. The number of hydrogen-bond donors (Lipinski definition) is 1. The van der Waals surface area contributed by atoms with Gasteiger partial charge in [0.25, 0.3) is 0 Å². The maximum Gasteiger partial charge on any atom is 0.458 e. The van der Waals surface area contributed by atoms with E-state index in [2.05, 4.69) is 4.72 Å². The number of carbonyl (C=O) groups is 2. The number of rotatable bonds is 4. The van der Waals surface area contributed by atoms with E-state index in [0.717, 1.165) is 6.07 Å². The van der Waals surface area contributed by atoms with Crippen LogP contribution in [0.3, 0.4) is 0 Å². The van der Waals surface area contributed by atoms with E-state index < -0.39 is 40.1 Å². The standard InChI is InChI=1S/C20H16F5NO3S/c1-18(2)16(27)15(17(28)30-26-12-6-4-3-5-7-12)13-10-11(8-9-14(13)29-18)19(21,22)20(23,24)25/h3-10,15,26H,1-2H3. The first-order chi connectivity index (χ1) is 13.8. The Labute approximate surface area is 172 Å². The topological polar surface area (TPSA) is 55.4 Å². The van der Waals surface area contributed by atoms with Gasteiger partial charge in [-0.05, 0) is 44.2 Å². The van der Waals surface area contributed by atoms with Crippen molar-refractivity contribution in [1.29, 1.82) is 0 Å². The van der Waals surface area contributed by atoms with Crippen LogP contribution in [0.4, 0.5) is 27.6 Å². The van der Waals surface area contributed by atoms with Crippen LogP contribution in [0.1, 0.15) is 30.9 Å². The van der Waals surface area contributed by atoms with Gasteiger partial charge in [-0.1, -0.05) is 18.2 Å². The van der Waals surface area contributed by atoms with E-state index in [0.29, 0.717) is 29.8 Å². The highest BCUT2D eigenvalue weighted by Crippen LogP contribution is 2.47. The Morgan fingerprint density at radius 2 is 1.70 bits per heavy atom. The van der Waals surface area contributed by atoms with Crippen molar-refractivity contribution in [2.45, 2.75) is 37.5 Å². The molecule has 0 fully saturated rings. The van der Waals surface area contributed by atoms with Crippen LogP contribution in [-0.2, 0) is 15.5 Å². The summed E-state index contributed by atoms with van der Waals surface area (Å²) in [7, 11) is 0. The highest BCUT2D eigenvalue weighted by molar-refractivity contribution is 8.14. The van der Waals surface area contributed by atoms with Crippen LogP contribution >= 0.6 is 11.9 Å². The summed E-state index contributed by atoms with van der Waals surface area (Å²) in [6.07, 6.45) is -5.83. The average Bonchev–Trinajstić information content (AvgIpc) is 2.66. The molecule has 0 saturated carbocycles. The van der Waals surface area contributed by atoms with Crippen LogP contribution in [0.2, 0.25) is 0 Å². The maximum atomic E-state index is 13.8. The van der Waals surface area contributed by atoms with Crippen molar-refractivity contribution in [3.8, 4) is 5.75 Å². The second-order valence-corrected chi connectivity index (χ2v) is 7.93. The van der Waals surface area contributed by atoms with Gasteiger partial charge >= 0.3 is 12.1 Å². The lowest BCUT2D eigenvalue weighted by molar-refractivity contribution is -0.289. The molecule has 0 radical (unpaired) electrons. The largest absolute Gasteiger partial charge is 0.480 e. The summed E-state index contributed by atoms with van der Waals surface area (Å²) in [5.74, 6) is -7.56. The van der Waals surface area contributed by atoms with Crippen LogP contribution in [0.5, 0.6) is 5.75 Å². The first-order valence-electron chi connectivity index (χ1n) is 8.68. The van der Waals surface area contributed by atoms with Crippen LogP contribution in [0.15, 0.2) is 48.5 Å². The number of hydrogen-bond acceptors (Lipinski definition) is 5. The zero-order valence-corrected chi connectivity index (χ0v) is 16.5. The summed E-state index contributed by atoms with van der Waals surface area (Å²) in [6.45, 7) is 2.79. The number of Topliss-reactive ketones (excluding diaryl/α,β-unsaturated/α-hetero) is 1. The normalized spacial score (nSPS) is 18.4. The number of ether oxygens (including phenoxy) is 1. The van der Waals surface area contributed by atoms with Crippen molar-refractivity contribution >= 4 is 28.5 Å². The molecule has 30 heavy (non-hydrogen) atoms. The third-order valence-corrected chi connectivity index (χ3v) is 5.31. The monoisotopic (exact) mass is 445 g/mol. The van der Waals surface area contributed by atoms with Crippen LogP contribution in [0.25, 0.3) is 0 Å². The van der Waals surface area contributed by atoms with Gasteiger partial charge in [0, 0.05) is 28.8 Å². The highest BCUT2D eigenvalue weighted by Gasteiger charge is 2.59. The van der Waals surface area contributed by atoms with Crippen LogP contribution in [-0.4, -0.2) is 22.7 Å². The second-order valence-electron chi connectivity index (χ2n) is 7.12. The van der Waals surface area contributed by atoms with Crippen LogP contribution in [0, 0.1) is 0 Å². The third kappa shape index (κ3) is 4.00. The molecular weight excluding hydrogens is 429 g/mol. The van der Waals surface area contributed by atoms with Gasteiger partial charge in [0.15, 0.2) is 11.4 Å². The van der Waals surface area contributed by atoms with Gasteiger partial charge in [0.05, 0.1) is 0 Å². The van der Waals surface area contributed by atoms with Crippen molar-refractivity contribution < 1.29 is 36.3 Å². The Morgan fingerprint density at radius 3 is 2.30 bits per heavy atom. The molecule has 1 aliphatic heterocycles. The molecule has 0 aliphatic carbocycles. The zero-order valence-electron chi connectivity index (χ0n) is 15.7. The quantitative estimate of drug-likeness (QED) is 0.385. The van der Waals surface area contributed by atoms with E-state index in [-0.39, 0.29) is 11.3 Å². The fourth-order valence-corrected chi connectivity index (χ4v) is 3.65. The molecule has 4 nitrogen and oxygen atoms in total. The minimum absolute atomic E-state index is 0.0972. The van der Waals surface area contributed by atoms with E-state index in [1.807, 2.05) is 0 Å². The third-order valence-electron chi connectivity index (χ3n) is 4.54. The Morgan fingerprint density at radius 1 is 1.07 bits per heavy atom. The molecular formula is C20H16F5NO3S. The first kappa shape index (κ1) is 22.1. The van der Waals surface area contributed by atoms with Gasteiger partial charge in [0.2, 0.25) is 5.12 Å². The number of anilines is 1. The summed E-state index contributed by atoms with van der Waals surface area (Å²) in [6, 6.07) is 10.5. The molecule has 1 aliphatic rings.